The van der Waals surface area contributed by atoms with E-state index in [1.807, 2.05) is 29.9 Å². The highest BCUT2D eigenvalue weighted by atomic mass is 15.0. The van der Waals surface area contributed by atoms with Crippen molar-refractivity contribution >= 4 is 5.65 Å². The van der Waals surface area contributed by atoms with Crippen LogP contribution in [-0.2, 0) is 0 Å². The molecule has 2 aromatic heterocycles. The minimum absolute atomic E-state index is 0.422. The van der Waals surface area contributed by atoms with Gasteiger partial charge in [-0.1, -0.05) is 13.8 Å². The van der Waals surface area contributed by atoms with Gasteiger partial charge in [-0.05, 0) is 12.8 Å². The van der Waals surface area contributed by atoms with E-state index in [0.29, 0.717) is 5.92 Å². The SMILES string of the molecule is Cc1cn2ccnc(C(C)C)c2n1. The van der Waals surface area contributed by atoms with Crippen LogP contribution in [0.5, 0.6) is 0 Å². The van der Waals surface area contributed by atoms with Crippen LogP contribution < -0.4 is 0 Å². The van der Waals surface area contributed by atoms with Gasteiger partial charge in [0.2, 0.25) is 0 Å². The van der Waals surface area contributed by atoms with E-state index in [2.05, 4.69) is 23.8 Å². The highest BCUT2D eigenvalue weighted by Gasteiger charge is 2.08. The van der Waals surface area contributed by atoms with E-state index in [0.717, 1.165) is 17.0 Å². The summed E-state index contributed by atoms with van der Waals surface area (Å²) in [6, 6.07) is 0. The molecular weight excluding hydrogens is 162 g/mol. The van der Waals surface area contributed by atoms with Crippen molar-refractivity contribution in [2.24, 2.45) is 0 Å². The average molecular weight is 175 g/mol. The van der Waals surface area contributed by atoms with Crippen molar-refractivity contribution in [3.05, 3.63) is 30.0 Å². The number of aryl methyl sites for hydroxylation is 1. The molecular formula is C10H13N3. The van der Waals surface area contributed by atoms with E-state index in [1.54, 1.807) is 0 Å². The molecule has 68 valence electrons. The first-order chi connectivity index (χ1) is 6.18. The Morgan fingerprint density at radius 2 is 2.15 bits per heavy atom. The first kappa shape index (κ1) is 8.23. The molecule has 0 N–H and O–H groups in total. The molecule has 0 aliphatic rings. The Morgan fingerprint density at radius 3 is 2.85 bits per heavy atom. The maximum absolute atomic E-state index is 4.43. The molecule has 0 saturated heterocycles. The summed E-state index contributed by atoms with van der Waals surface area (Å²) < 4.78 is 2.03. The number of hydrogen-bond donors (Lipinski definition) is 0. The Balaban J connectivity index is 2.75. The Kier molecular flexibility index (Phi) is 1.79. The summed E-state index contributed by atoms with van der Waals surface area (Å²) in [5, 5.41) is 0. The van der Waals surface area contributed by atoms with Crippen LogP contribution in [0.25, 0.3) is 5.65 Å². The van der Waals surface area contributed by atoms with Gasteiger partial charge in [0.15, 0.2) is 5.65 Å². The first-order valence-electron chi connectivity index (χ1n) is 4.48. The van der Waals surface area contributed by atoms with Gasteiger partial charge < -0.3 is 4.40 Å². The Morgan fingerprint density at radius 1 is 1.38 bits per heavy atom. The van der Waals surface area contributed by atoms with Crippen LogP contribution in [0.4, 0.5) is 0 Å². The molecule has 3 nitrogen and oxygen atoms in total. The van der Waals surface area contributed by atoms with Crippen molar-refractivity contribution in [2.45, 2.75) is 26.7 Å². The van der Waals surface area contributed by atoms with Gasteiger partial charge in [-0.15, -0.1) is 0 Å². The molecule has 2 aromatic rings. The second-order valence-electron chi connectivity index (χ2n) is 3.58. The predicted octanol–water partition coefficient (Wildman–Crippen LogP) is 2.16. The minimum atomic E-state index is 0.422. The van der Waals surface area contributed by atoms with E-state index < -0.39 is 0 Å². The first-order valence-corrected chi connectivity index (χ1v) is 4.48. The van der Waals surface area contributed by atoms with Gasteiger partial charge in [0, 0.05) is 18.6 Å². The van der Waals surface area contributed by atoms with Gasteiger partial charge in [-0.2, -0.15) is 0 Å². The van der Waals surface area contributed by atoms with Crippen molar-refractivity contribution in [2.75, 3.05) is 0 Å². The highest BCUT2D eigenvalue weighted by Crippen LogP contribution is 2.16. The lowest BCUT2D eigenvalue weighted by Gasteiger charge is -2.04. The largest absolute Gasteiger partial charge is 0.304 e. The van der Waals surface area contributed by atoms with Gasteiger partial charge in [-0.25, -0.2) is 4.98 Å². The maximum Gasteiger partial charge on any atom is 0.159 e. The smallest absolute Gasteiger partial charge is 0.159 e. The van der Waals surface area contributed by atoms with Gasteiger partial charge in [-0.3, -0.25) is 4.98 Å². The lowest BCUT2D eigenvalue weighted by molar-refractivity contribution is 0.817. The van der Waals surface area contributed by atoms with Crippen LogP contribution in [0.2, 0.25) is 0 Å². The monoisotopic (exact) mass is 175 g/mol. The summed E-state index contributed by atoms with van der Waals surface area (Å²) in [5.74, 6) is 0.422. The molecule has 13 heavy (non-hydrogen) atoms. The Bertz CT molecular complexity index is 429. The summed E-state index contributed by atoms with van der Waals surface area (Å²) in [7, 11) is 0. The van der Waals surface area contributed by atoms with Crippen LogP contribution in [0.1, 0.15) is 31.2 Å². The summed E-state index contributed by atoms with van der Waals surface area (Å²) in [6.07, 6.45) is 5.77. The predicted molar refractivity (Wildman–Crippen MR) is 51.8 cm³/mol. The van der Waals surface area contributed by atoms with Gasteiger partial charge in [0.05, 0.1) is 11.4 Å². The number of fused-ring (bicyclic) bond motifs is 1. The highest BCUT2D eigenvalue weighted by molar-refractivity contribution is 5.46. The summed E-state index contributed by atoms with van der Waals surface area (Å²) >= 11 is 0. The second kappa shape index (κ2) is 2.83. The normalized spacial score (nSPS) is 11.4. The van der Waals surface area contributed by atoms with E-state index in [4.69, 9.17) is 0 Å². The third-order valence-corrected chi connectivity index (χ3v) is 2.07. The van der Waals surface area contributed by atoms with Gasteiger partial charge >= 0.3 is 0 Å². The van der Waals surface area contributed by atoms with Gasteiger partial charge in [0.1, 0.15) is 0 Å². The number of nitrogens with zero attached hydrogens (tertiary/aromatic N) is 3. The molecule has 0 aromatic carbocycles. The molecule has 3 heteroatoms. The zero-order valence-corrected chi connectivity index (χ0v) is 8.15. The molecule has 0 bridgehead atoms. The lowest BCUT2D eigenvalue weighted by Crippen LogP contribution is -1.97. The van der Waals surface area contributed by atoms with E-state index >= 15 is 0 Å². The molecule has 0 spiro atoms. The van der Waals surface area contributed by atoms with Crippen LogP contribution >= 0.6 is 0 Å². The number of hydrogen-bond acceptors (Lipinski definition) is 2. The van der Waals surface area contributed by atoms with Crippen molar-refractivity contribution < 1.29 is 0 Å². The molecule has 0 fully saturated rings. The second-order valence-corrected chi connectivity index (χ2v) is 3.58. The molecule has 0 amide bonds. The van der Waals surface area contributed by atoms with Crippen LogP contribution in [0.3, 0.4) is 0 Å². The Labute approximate surface area is 77.4 Å². The fourth-order valence-corrected chi connectivity index (χ4v) is 1.47. The Hall–Kier alpha value is -1.38. The third-order valence-electron chi connectivity index (χ3n) is 2.07. The van der Waals surface area contributed by atoms with Gasteiger partial charge in [0.25, 0.3) is 0 Å². The molecule has 2 rings (SSSR count). The van der Waals surface area contributed by atoms with E-state index in [9.17, 15) is 0 Å². The summed E-state index contributed by atoms with van der Waals surface area (Å²) in [6.45, 7) is 6.26. The number of rotatable bonds is 1. The standard InChI is InChI=1S/C10H13N3/c1-7(2)9-10-12-8(3)6-13(10)5-4-11-9/h4-7H,1-3H3. The van der Waals surface area contributed by atoms with Crippen molar-refractivity contribution in [3.63, 3.8) is 0 Å². The molecule has 0 atom stereocenters. The van der Waals surface area contributed by atoms with Crippen molar-refractivity contribution in [1.29, 1.82) is 0 Å². The van der Waals surface area contributed by atoms with E-state index in [-0.39, 0.29) is 0 Å². The summed E-state index contributed by atoms with van der Waals surface area (Å²) in [5.41, 5.74) is 3.08. The minimum Gasteiger partial charge on any atom is -0.304 e. The molecule has 0 aliphatic carbocycles. The van der Waals surface area contributed by atoms with E-state index in [1.165, 1.54) is 0 Å². The maximum atomic E-state index is 4.43. The van der Waals surface area contributed by atoms with Crippen LogP contribution in [0, 0.1) is 6.92 Å². The average Bonchev–Trinajstić information content (AvgIpc) is 2.43. The zero-order chi connectivity index (χ0) is 9.42. The van der Waals surface area contributed by atoms with Crippen LogP contribution in [-0.4, -0.2) is 14.4 Å². The molecule has 0 unspecified atom stereocenters. The van der Waals surface area contributed by atoms with Crippen molar-refractivity contribution in [3.8, 4) is 0 Å². The molecule has 2 heterocycles. The van der Waals surface area contributed by atoms with Crippen molar-refractivity contribution in [1.82, 2.24) is 14.4 Å². The molecule has 0 aliphatic heterocycles. The molecule has 0 radical (unpaired) electrons. The molecule has 0 saturated carbocycles. The quantitative estimate of drug-likeness (QED) is 0.664. The number of aromatic nitrogens is 3. The zero-order valence-electron chi connectivity index (χ0n) is 8.15. The number of imidazole rings is 1. The summed E-state index contributed by atoms with van der Waals surface area (Å²) in [4.78, 5) is 8.77. The third kappa shape index (κ3) is 1.30. The topological polar surface area (TPSA) is 30.2 Å². The fourth-order valence-electron chi connectivity index (χ4n) is 1.47. The fraction of sp³-hybridized carbons (Fsp3) is 0.400. The van der Waals surface area contributed by atoms with Crippen LogP contribution in [0.15, 0.2) is 18.6 Å². The lowest BCUT2D eigenvalue weighted by atomic mass is 10.1.